The van der Waals surface area contributed by atoms with Crippen molar-refractivity contribution in [3.8, 4) is 0 Å². The lowest BCUT2D eigenvalue weighted by molar-refractivity contribution is 0.535. The van der Waals surface area contributed by atoms with E-state index in [0.29, 0.717) is 0 Å². The second-order valence-electron chi connectivity index (χ2n) is 12.3. The number of hydrogen-bond donors (Lipinski definition) is 0. The van der Waals surface area contributed by atoms with Crippen LogP contribution in [0.3, 0.4) is 0 Å². The van der Waals surface area contributed by atoms with Gasteiger partial charge in [-0.1, -0.05) is 70.2 Å². The van der Waals surface area contributed by atoms with Gasteiger partial charge in [0.25, 0.3) is 0 Å². The van der Waals surface area contributed by atoms with E-state index in [1.54, 1.807) is 0 Å². The molecule has 1 aliphatic rings. The van der Waals surface area contributed by atoms with Crippen LogP contribution in [0, 0.1) is 0 Å². The molecular weight excluding hydrogens is 438 g/mol. The molecule has 0 radical (unpaired) electrons. The van der Waals surface area contributed by atoms with Crippen molar-refractivity contribution in [3.05, 3.63) is 124 Å². The second-order valence-corrected chi connectivity index (χ2v) is 12.3. The molecule has 3 heteroatoms. The average molecular weight is 476 g/mol. The lowest BCUT2D eigenvalue weighted by Crippen LogP contribution is -2.30. The van der Waals surface area contributed by atoms with Crippen molar-refractivity contribution in [2.75, 3.05) is 0 Å². The van der Waals surface area contributed by atoms with Crippen LogP contribution in [0.25, 0.3) is 0 Å². The van der Waals surface area contributed by atoms with Crippen LogP contribution in [0.4, 0.5) is 0 Å². The van der Waals surface area contributed by atoms with Crippen LogP contribution < -0.4 is 0 Å². The fourth-order valence-electron chi connectivity index (χ4n) is 5.25. The monoisotopic (exact) mass is 475 g/mol. The minimum atomic E-state index is -0.353. The molecule has 4 aromatic rings. The molecule has 0 amide bonds. The van der Waals surface area contributed by atoms with Crippen molar-refractivity contribution in [2.24, 2.45) is 0 Å². The zero-order valence-corrected chi connectivity index (χ0v) is 22.8. The summed E-state index contributed by atoms with van der Waals surface area (Å²) in [6, 6.07) is 28.2. The lowest BCUT2D eigenvalue weighted by Gasteiger charge is -2.33. The number of fused-ring (bicyclic) bond motifs is 8. The van der Waals surface area contributed by atoms with E-state index in [9.17, 15) is 0 Å². The third-order valence-corrected chi connectivity index (χ3v) is 8.40. The van der Waals surface area contributed by atoms with E-state index in [1.807, 2.05) is 0 Å². The topological polar surface area (TPSA) is 38.7 Å². The van der Waals surface area contributed by atoms with Crippen LogP contribution in [0.5, 0.6) is 0 Å². The van der Waals surface area contributed by atoms with Crippen molar-refractivity contribution in [1.82, 2.24) is 15.0 Å². The molecular formula is C33H37N3. The van der Waals surface area contributed by atoms with Crippen molar-refractivity contribution in [3.63, 3.8) is 0 Å². The fourth-order valence-corrected chi connectivity index (χ4v) is 5.25. The number of benzene rings is 1. The minimum Gasteiger partial charge on any atom is -0.256 e. The van der Waals surface area contributed by atoms with Gasteiger partial charge in [-0.15, -0.1) is 0 Å². The first-order chi connectivity index (χ1) is 16.8. The predicted molar refractivity (Wildman–Crippen MR) is 148 cm³/mol. The maximum absolute atomic E-state index is 5.26. The van der Waals surface area contributed by atoms with Gasteiger partial charge in [0, 0.05) is 21.7 Å². The molecule has 0 aliphatic carbocycles. The Hall–Kier alpha value is -3.33. The standard InChI is InChI=1S/C33H37N3/c1-30(2)22-13-9-14-23(21-22)31(3,4)25-16-11-18-27(35-25)33(7,8)29-20-12-19-28(36-29)32(5,6)26-17-10-15-24(30)34-26/h9-21H,1-8H3. The van der Waals surface area contributed by atoms with Gasteiger partial charge in [0.05, 0.1) is 34.2 Å². The molecule has 8 bridgehead atoms. The molecule has 0 N–H and O–H groups in total. The summed E-state index contributed by atoms with van der Waals surface area (Å²) in [5.74, 6) is 0. The van der Waals surface area contributed by atoms with Gasteiger partial charge in [-0.2, -0.15) is 0 Å². The highest BCUT2D eigenvalue weighted by atomic mass is 14.8. The second kappa shape index (κ2) is 8.09. The predicted octanol–water partition coefficient (Wildman–Crippen LogP) is 7.49. The van der Waals surface area contributed by atoms with E-state index in [1.165, 1.54) is 11.1 Å². The Labute approximate surface area is 216 Å². The molecule has 0 saturated carbocycles. The molecule has 1 aliphatic heterocycles. The molecule has 0 unspecified atom stereocenters. The zero-order chi connectivity index (χ0) is 25.9. The third-order valence-electron chi connectivity index (χ3n) is 8.40. The maximum atomic E-state index is 5.26. The highest BCUT2D eigenvalue weighted by Gasteiger charge is 2.35. The molecule has 1 aromatic carbocycles. The van der Waals surface area contributed by atoms with E-state index in [0.717, 1.165) is 34.2 Å². The molecule has 0 spiro atoms. The molecule has 0 atom stereocenters. The van der Waals surface area contributed by atoms with Crippen LogP contribution in [0.15, 0.2) is 78.9 Å². The van der Waals surface area contributed by atoms with Crippen molar-refractivity contribution >= 4 is 0 Å². The van der Waals surface area contributed by atoms with Gasteiger partial charge >= 0.3 is 0 Å². The first-order valence-electron chi connectivity index (χ1n) is 12.9. The summed E-state index contributed by atoms with van der Waals surface area (Å²) in [7, 11) is 0. The Morgan fingerprint density at radius 2 is 0.611 bits per heavy atom. The molecule has 3 aromatic heterocycles. The number of nitrogens with zero attached hydrogens (tertiary/aromatic N) is 3. The summed E-state index contributed by atoms with van der Waals surface area (Å²) >= 11 is 0. The van der Waals surface area contributed by atoms with Crippen LogP contribution in [-0.2, 0) is 21.7 Å². The quantitative estimate of drug-likeness (QED) is 0.264. The van der Waals surface area contributed by atoms with E-state index in [2.05, 4.69) is 134 Å². The van der Waals surface area contributed by atoms with E-state index in [-0.39, 0.29) is 21.7 Å². The van der Waals surface area contributed by atoms with E-state index < -0.39 is 0 Å². The zero-order valence-electron chi connectivity index (χ0n) is 22.8. The summed E-state index contributed by atoms with van der Waals surface area (Å²) in [4.78, 5) is 15.7. The van der Waals surface area contributed by atoms with Crippen LogP contribution >= 0.6 is 0 Å². The van der Waals surface area contributed by atoms with Crippen LogP contribution in [-0.4, -0.2) is 15.0 Å². The summed E-state index contributed by atoms with van der Waals surface area (Å²) in [5.41, 5.74) is 7.48. The largest absolute Gasteiger partial charge is 0.256 e. The molecule has 0 fully saturated rings. The van der Waals surface area contributed by atoms with Gasteiger partial charge in [-0.25, -0.2) is 0 Å². The highest BCUT2D eigenvalue weighted by molar-refractivity contribution is 5.44. The average Bonchev–Trinajstić information content (AvgIpc) is 2.88. The number of hydrogen-bond acceptors (Lipinski definition) is 3. The summed E-state index contributed by atoms with van der Waals surface area (Å²) in [6.45, 7) is 17.9. The molecule has 36 heavy (non-hydrogen) atoms. The SMILES string of the molecule is CC1(C)c2cccc(c2)C(C)(C)c2cccc(n2)C(C)(C)c2cccc(n2)C(C)(C)c2cccc1n2. The normalized spacial score (nSPS) is 18.9. The van der Waals surface area contributed by atoms with Crippen molar-refractivity contribution in [1.29, 1.82) is 0 Å². The summed E-state index contributed by atoms with van der Waals surface area (Å²) in [6.07, 6.45) is 0. The third kappa shape index (κ3) is 3.77. The smallest absolute Gasteiger partial charge is 0.0523 e. The molecule has 0 saturated heterocycles. The Morgan fingerprint density at radius 1 is 0.361 bits per heavy atom. The van der Waals surface area contributed by atoms with Gasteiger partial charge in [-0.3, -0.25) is 15.0 Å². The summed E-state index contributed by atoms with van der Waals surface area (Å²) in [5, 5.41) is 0. The molecule has 4 heterocycles. The number of pyridine rings is 3. The first-order valence-corrected chi connectivity index (χ1v) is 12.9. The molecule has 3 nitrogen and oxygen atoms in total. The summed E-state index contributed by atoms with van der Waals surface area (Å²) < 4.78 is 0. The van der Waals surface area contributed by atoms with Crippen molar-refractivity contribution < 1.29 is 0 Å². The van der Waals surface area contributed by atoms with Gasteiger partial charge < -0.3 is 0 Å². The van der Waals surface area contributed by atoms with Crippen molar-refractivity contribution in [2.45, 2.75) is 77.0 Å². The van der Waals surface area contributed by atoms with Gasteiger partial charge in [0.15, 0.2) is 0 Å². The van der Waals surface area contributed by atoms with Gasteiger partial charge in [0.1, 0.15) is 0 Å². The first kappa shape index (κ1) is 24.4. The Balaban J connectivity index is 1.84. The lowest BCUT2D eigenvalue weighted by atomic mass is 9.75. The van der Waals surface area contributed by atoms with E-state index in [4.69, 9.17) is 15.0 Å². The molecule has 5 rings (SSSR count). The number of rotatable bonds is 0. The van der Waals surface area contributed by atoms with Crippen LogP contribution in [0.2, 0.25) is 0 Å². The highest BCUT2D eigenvalue weighted by Crippen LogP contribution is 2.39. The fraction of sp³-hybridized carbons (Fsp3) is 0.364. The van der Waals surface area contributed by atoms with Gasteiger partial charge in [-0.05, 0) is 75.2 Å². The minimum absolute atomic E-state index is 0.262. The number of aromatic nitrogens is 3. The molecule has 184 valence electrons. The van der Waals surface area contributed by atoms with Gasteiger partial charge in [0.2, 0.25) is 0 Å². The Kier molecular flexibility index (Phi) is 5.48. The van der Waals surface area contributed by atoms with Crippen LogP contribution in [0.1, 0.15) is 101 Å². The Morgan fingerprint density at radius 3 is 0.917 bits per heavy atom. The van der Waals surface area contributed by atoms with E-state index >= 15 is 0 Å². The Bertz CT molecular complexity index is 1140. The maximum Gasteiger partial charge on any atom is 0.0523 e.